The second-order valence-corrected chi connectivity index (χ2v) is 6.76. The molecule has 7 nitrogen and oxygen atoms in total. The third kappa shape index (κ3) is 4.19. The number of benzene rings is 2. The average molecular weight is 382 g/mol. The fraction of sp³-hybridized carbons (Fsp3) is 0.333. The first-order valence-electron chi connectivity index (χ1n) is 9.39. The van der Waals surface area contributed by atoms with Crippen LogP contribution in [0.15, 0.2) is 48.5 Å². The Morgan fingerprint density at radius 1 is 1.04 bits per heavy atom. The number of amides is 1. The molecule has 0 spiro atoms. The van der Waals surface area contributed by atoms with Crippen LogP contribution in [0, 0.1) is 0 Å². The van der Waals surface area contributed by atoms with E-state index in [1.165, 1.54) is 12.8 Å². The number of esters is 1. The molecule has 28 heavy (non-hydrogen) atoms. The molecule has 1 fully saturated rings. The van der Waals surface area contributed by atoms with Gasteiger partial charge in [0, 0.05) is 24.5 Å². The van der Waals surface area contributed by atoms with E-state index >= 15 is 0 Å². The summed E-state index contributed by atoms with van der Waals surface area (Å²) in [6, 6.07) is 14.8. The molecule has 146 valence electrons. The molecule has 2 aromatic carbocycles. The molecule has 0 aromatic heterocycles. The molecule has 0 radical (unpaired) electrons. The van der Waals surface area contributed by atoms with Crippen molar-refractivity contribution in [3.63, 3.8) is 0 Å². The molecular formula is C21H22N2O5. The van der Waals surface area contributed by atoms with E-state index in [1.54, 1.807) is 18.2 Å². The zero-order valence-electron chi connectivity index (χ0n) is 15.4. The Hall–Kier alpha value is -3.22. The van der Waals surface area contributed by atoms with Gasteiger partial charge in [-0.25, -0.2) is 4.79 Å². The smallest absolute Gasteiger partial charge is 0.351 e. The highest BCUT2D eigenvalue weighted by Crippen LogP contribution is 2.31. The van der Waals surface area contributed by atoms with Gasteiger partial charge in [-0.05, 0) is 49.2 Å². The number of rotatable bonds is 5. The summed E-state index contributed by atoms with van der Waals surface area (Å²) in [6.07, 6.45) is 1.54. The summed E-state index contributed by atoms with van der Waals surface area (Å²) in [5, 5.41) is 2.73. The Morgan fingerprint density at radius 3 is 2.50 bits per heavy atom. The van der Waals surface area contributed by atoms with E-state index in [9.17, 15) is 9.59 Å². The van der Waals surface area contributed by atoms with Crippen LogP contribution in [0.5, 0.6) is 11.5 Å². The van der Waals surface area contributed by atoms with Crippen LogP contribution in [0.2, 0.25) is 0 Å². The SMILES string of the molecule is O=C(COC(=O)[C@@H]1COc2ccccc2O1)Nc1ccc(N2CCCC2)cc1. The standard InChI is InChI=1S/C21H22N2O5/c24-20(22-15-7-9-16(10-8-15)23-11-3-4-12-23)14-27-21(25)19-13-26-17-5-1-2-6-18(17)28-19/h1-2,5-10,19H,3-4,11-14H2,(H,22,24)/t19-/m0/s1. The van der Waals surface area contributed by atoms with Crippen molar-refractivity contribution in [1.29, 1.82) is 0 Å². The van der Waals surface area contributed by atoms with Crippen molar-refractivity contribution in [2.24, 2.45) is 0 Å². The van der Waals surface area contributed by atoms with E-state index in [4.69, 9.17) is 14.2 Å². The number of ether oxygens (including phenoxy) is 3. The van der Waals surface area contributed by atoms with Gasteiger partial charge in [-0.15, -0.1) is 0 Å². The number of para-hydroxylation sites is 2. The number of carbonyl (C=O) groups excluding carboxylic acids is 2. The number of nitrogens with one attached hydrogen (secondary N) is 1. The van der Waals surface area contributed by atoms with Crippen molar-refractivity contribution in [2.75, 3.05) is 36.5 Å². The Balaban J connectivity index is 1.25. The molecule has 4 rings (SSSR count). The maximum absolute atomic E-state index is 12.1. The van der Waals surface area contributed by atoms with Gasteiger partial charge in [-0.3, -0.25) is 4.79 Å². The first kappa shape index (κ1) is 18.2. The van der Waals surface area contributed by atoms with Gasteiger partial charge in [0.15, 0.2) is 18.1 Å². The van der Waals surface area contributed by atoms with Crippen LogP contribution in [-0.4, -0.2) is 44.3 Å². The fourth-order valence-corrected chi connectivity index (χ4v) is 3.29. The molecule has 0 unspecified atom stereocenters. The van der Waals surface area contributed by atoms with E-state index < -0.39 is 18.0 Å². The average Bonchev–Trinajstić information content (AvgIpc) is 3.27. The molecule has 7 heteroatoms. The number of hydrogen-bond donors (Lipinski definition) is 1. The van der Waals surface area contributed by atoms with Crippen molar-refractivity contribution in [1.82, 2.24) is 0 Å². The number of fused-ring (bicyclic) bond motifs is 1. The summed E-state index contributed by atoms with van der Waals surface area (Å²) < 4.78 is 16.1. The minimum Gasteiger partial charge on any atom is -0.485 e. The minimum absolute atomic E-state index is 0.0510. The van der Waals surface area contributed by atoms with Crippen LogP contribution in [0.1, 0.15) is 12.8 Å². The van der Waals surface area contributed by atoms with E-state index in [-0.39, 0.29) is 13.2 Å². The molecular weight excluding hydrogens is 360 g/mol. The highest BCUT2D eigenvalue weighted by Gasteiger charge is 2.29. The van der Waals surface area contributed by atoms with E-state index in [0.717, 1.165) is 18.8 Å². The first-order chi connectivity index (χ1) is 13.7. The quantitative estimate of drug-likeness (QED) is 0.801. The van der Waals surface area contributed by atoms with E-state index in [1.807, 2.05) is 30.3 Å². The summed E-state index contributed by atoms with van der Waals surface area (Å²) in [5.74, 6) is 0.0355. The number of hydrogen-bond acceptors (Lipinski definition) is 6. The highest BCUT2D eigenvalue weighted by atomic mass is 16.6. The van der Waals surface area contributed by atoms with Gasteiger partial charge in [0.05, 0.1) is 0 Å². The zero-order chi connectivity index (χ0) is 19.3. The monoisotopic (exact) mass is 382 g/mol. The summed E-state index contributed by atoms with van der Waals surface area (Å²) in [5.41, 5.74) is 1.81. The van der Waals surface area contributed by atoms with Crippen molar-refractivity contribution < 1.29 is 23.8 Å². The molecule has 0 saturated carbocycles. The van der Waals surface area contributed by atoms with Crippen molar-refractivity contribution in [3.05, 3.63) is 48.5 Å². The number of anilines is 2. The molecule has 1 saturated heterocycles. The van der Waals surface area contributed by atoms with Crippen molar-refractivity contribution in [2.45, 2.75) is 18.9 Å². The number of carbonyl (C=O) groups is 2. The number of nitrogens with zero attached hydrogens (tertiary/aromatic N) is 1. The van der Waals surface area contributed by atoms with Crippen LogP contribution >= 0.6 is 0 Å². The van der Waals surface area contributed by atoms with Gasteiger partial charge in [0.1, 0.15) is 6.61 Å². The summed E-state index contributed by atoms with van der Waals surface area (Å²) in [4.78, 5) is 26.5. The predicted molar refractivity (Wildman–Crippen MR) is 104 cm³/mol. The Labute approximate surface area is 163 Å². The molecule has 0 aliphatic carbocycles. The van der Waals surface area contributed by atoms with Crippen LogP contribution < -0.4 is 19.7 Å². The molecule has 2 aliphatic heterocycles. The lowest BCUT2D eigenvalue weighted by Crippen LogP contribution is -2.39. The maximum Gasteiger partial charge on any atom is 0.351 e. The molecule has 1 N–H and O–H groups in total. The van der Waals surface area contributed by atoms with Crippen molar-refractivity contribution >= 4 is 23.3 Å². The lowest BCUT2D eigenvalue weighted by Gasteiger charge is -2.24. The second kappa shape index (κ2) is 8.21. The highest BCUT2D eigenvalue weighted by molar-refractivity contribution is 5.93. The molecule has 1 atom stereocenters. The predicted octanol–water partition coefficient (Wildman–Crippen LogP) is 2.61. The van der Waals surface area contributed by atoms with Crippen LogP contribution in [0.3, 0.4) is 0 Å². The molecule has 2 heterocycles. The summed E-state index contributed by atoms with van der Waals surface area (Å²) >= 11 is 0. The van der Waals surface area contributed by atoms with Gasteiger partial charge >= 0.3 is 5.97 Å². The second-order valence-electron chi connectivity index (χ2n) is 6.76. The van der Waals surface area contributed by atoms with Gasteiger partial charge in [0.25, 0.3) is 5.91 Å². The van der Waals surface area contributed by atoms with Gasteiger partial charge in [-0.2, -0.15) is 0 Å². The minimum atomic E-state index is -0.887. The van der Waals surface area contributed by atoms with Crippen LogP contribution in [0.25, 0.3) is 0 Å². The molecule has 2 aromatic rings. The van der Waals surface area contributed by atoms with Crippen LogP contribution in [-0.2, 0) is 14.3 Å². The molecule has 0 bridgehead atoms. The van der Waals surface area contributed by atoms with Crippen LogP contribution in [0.4, 0.5) is 11.4 Å². The van der Waals surface area contributed by atoms with E-state index in [0.29, 0.717) is 17.2 Å². The molecule has 1 amide bonds. The largest absolute Gasteiger partial charge is 0.485 e. The Morgan fingerprint density at radius 2 is 1.75 bits per heavy atom. The summed E-state index contributed by atoms with van der Waals surface area (Å²) in [6.45, 7) is 1.81. The Bertz CT molecular complexity index is 846. The van der Waals surface area contributed by atoms with E-state index in [2.05, 4.69) is 10.2 Å². The Kier molecular flexibility index (Phi) is 5.32. The third-order valence-electron chi connectivity index (χ3n) is 4.74. The maximum atomic E-state index is 12.1. The zero-order valence-corrected chi connectivity index (χ0v) is 15.4. The summed E-state index contributed by atoms with van der Waals surface area (Å²) in [7, 11) is 0. The normalized spacial score (nSPS) is 17.9. The topological polar surface area (TPSA) is 77.1 Å². The molecule has 2 aliphatic rings. The van der Waals surface area contributed by atoms with Gasteiger partial charge in [-0.1, -0.05) is 12.1 Å². The lowest BCUT2D eigenvalue weighted by molar-refractivity contribution is -0.156. The van der Waals surface area contributed by atoms with Crippen molar-refractivity contribution in [3.8, 4) is 11.5 Å². The lowest BCUT2D eigenvalue weighted by atomic mass is 10.2. The van der Waals surface area contributed by atoms with Gasteiger partial charge < -0.3 is 24.4 Å². The fourth-order valence-electron chi connectivity index (χ4n) is 3.29. The first-order valence-corrected chi connectivity index (χ1v) is 9.39. The van der Waals surface area contributed by atoms with Gasteiger partial charge in [0.2, 0.25) is 6.10 Å². The third-order valence-corrected chi connectivity index (χ3v) is 4.74.